The number of aromatic hydroxyl groups is 1. The van der Waals surface area contributed by atoms with Gasteiger partial charge in [-0.05, 0) is 30.3 Å². The zero-order valence-corrected chi connectivity index (χ0v) is 14.1. The first-order chi connectivity index (χ1) is 11.3. The van der Waals surface area contributed by atoms with E-state index in [4.69, 9.17) is 4.55 Å². The van der Waals surface area contributed by atoms with Gasteiger partial charge in [-0.3, -0.25) is 9.56 Å². The summed E-state index contributed by atoms with van der Waals surface area (Å²) < 4.78 is 32.3. The lowest BCUT2D eigenvalue weighted by molar-refractivity contribution is -0.697. The molecule has 0 aliphatic carbocycles. The monoisotopic (exact) mass is 350 g/mol. The summed E-state index contributed by atoms with van der Waals surface area (Å²) in [6.07, 6.45) is 3.80. The van der Waals surface area contributed by atoms with Gasteiger partial charge in [0.1, 0.15) is 18.5 Å². The summed E-state index contributed by atoms with van der Waals surface area (Å²) in [6.45, 7) is 0.449. The smallest absolute Gasteiger partial charge is 0.265 e. The largest absolute Gasteiger partial charge is 0.508 e. The molecule has 0 saturated heterocycles. The van der Waals surface area contributed by atoms with Crippen molar-refractivity contribution in [2.75, 3.05) is 17.8 Å². The number of hydrazone groups is 1. The molecule has 1 aromatic heterocycles. The minimum absolute atomic E-state index is 0.191. The number of aryl methyl sites for hydroxylation is 1. The first-order valence-electron chi connectivity index (χ1n) is 7.35. The van der Waals surface area contributed by atoms with Gasteiger partial charge in [-0.1, -0.05) is 0 Å². The molecule has 7 nitrogen and oxygen atoms in total. The molecule has 0 aliphatic heterocycles. The fourth-order valence-corrected chi connectivity index (χ4v) is 2.60. The third-order valence-corrected chi connectivity index (χ3v) is 4.17. The number of hydrogen-bond donors (Lipinski definition) is 2. The quantitative estimate of drug-likeness (QED) is 0.341. The first kappa shape index (κ1) is 17.9. The van der Waals surface area contributed by atoms with Crippen LogP contribution in [0.2, 0.25) is 0 Å². The molecular weight excluding hydrogens is 330 g/mol. The molecule has 2 rings (SSSR count). The first-order valence-corrected chi connectivity index (χ1v) is 8.96. The Bertz CT molecular complexity index is 804. The van der Waals surface area contributed by atoms with Crippen LogP contribution in [-0.4, -0.2) is 37.1 Å². The highest BCUT2D eigenvalue weighted by molar-refractivity contribution is 7.85. The van der Waals surface area contributed by atoms with Crippen LogP contribution in [0.1, 0.15) is 12.1 Å². The average Bonchev–Trinajstić information content (AvgIpc) is 2.53. The van der Waals surface area contributed by atoms with Crippen molar-refractivity contribution in [1.82, 2.24) is 0 Å². The van der Waals surface area contributed by atoms with E-state index >= 15 is 0 Å². The highest BCUT2D eigenvalue weighted by atomic mass is 32.2. The van der Waals surface area contributed by atoms with E-state index in [1.165, 1.54) is 0 Å². The van der Waals surface area contributed by atoms with Gasteiger partial charge in [0, 0.05) is 25.6 Å². The highest BCUT2D eigenvalue weighted by Crippen LogP contribution is 2.17. The number of benzene rings is 1. The summed E-state index contributed by atoms with van der Waals surface area (Å²) in [5.41, 5.74) is 1.62. The van der Waals surface area contributed by atoms with E-state index in [9.17, 15) is 13.5 Å². The third kappa shape index (κ3) is 5.64. The van der Waals surface area contributed by atoms with Gasteiger partial charge < -0.3 is 5.11 Å². The number of hydrogen-bond acceptors (Lipinski definition) is 5. The summed E-state index contributed by atoms with van der Waals surface area (Å²) in [7, 11) is -2.16. The van der Waals surface area contributed by atoms with Crippen LogP contribution in [0.4, 0.5) is 5.69 Å². The number of rotatable bonds is 7. The van der Waals surface area contributed by atoms with E-state index in [-0.39, 0.29) is 11.5 Å². The summed E-state index contributed by atoms with van der Waals surface area (Å²) in [5, 5.41) is 15.3. The van der Waals surface area contributed by atoms with Gasteiger partial charge in [-0.2, -0.15) is 18.1 Å². The summed E-state index contributed by atoms with van der Waals surface area (Å²) in [4.78, 5) is 0. The second-order valence-corrected chi connectivity index (χ2v) is 6.82. The van der Waals surface area contributed by atoms with Crippen LogP contribution in [0.3, 0.4) is 0 Å². The normalized spacial score (nSPS) is 11.8. The van der Waals surface area contributed by atoms with Crippen LogP contribution in [-0.2, 0) is 16.7 Å². The Morgan fingerprint density at radius 1 is 1.21 bits per heavy atom. The van der Waals surface area contributed by atoms with Crippen molar-refractivity contribution in [3.63, 3.8) is 0 Å². The number of phenolic OH excluding ortho intramolecular Hbond substituents is 1. The van der Waals surface area contributed by atoms with Crippen molar-refractivity contribution >= 4 is 22.0 Å². The highest BCUT2D eigenvalue weighted by Gasteiger charge is 2.11. The Balaban J connectivity index is 2.07. The second kappa shape index (κ2) is 7.89. The minimum atomic E-state index is -3.95. The lowest BCUT2D eigenvalue weighted by Gasteiger charge is -2.12. The van der Waals surface area contributed by atoms with Crippen molar-refractivity contribution < 1.29 is 22.6 Å². The molecule has 0 radical (unpaired) electrons. The second-order valence-electron chi connectivity index (χ2n) is 5.24. The van der Waals surface area contributed by atoms with E-state index in [2.05, 4.69) is 5.10 Å². The van der Waals surface area contributed by atoms with Gasteiger partial charge in [0.15, 0.2) is 6.20 Å². The third-order valence-electron chi connectivity index (χ3n) is 3.36. The molecule has 1 heterocycles. The molecule has 2 aromatic rings. The summed E-state index contributed by atoms with van der Waals surface area (Å²) in [6, 6.07) is 12.2. The topological polar surface area (TPSA) is 94.1 Å². The van der Waals surface area contributed by atoms with Crippen molar-refractivity contribution in [2.45, 2.75) is 13.0 Å². The molecule has 0 aliphatic rings. The lowest BCUT2D eigenvalue weighted by atomic mass is 10.3. The Morgan fingerprint density at radius 2 is 1.92 bits per heavy atom. The summed E-state index contributed by atoms with van der Waals surface area (Å²) >= 11 is 0. The molecule has 0 unspecified atom stereocenters. The Kier molecular flexibility index (Phi) is 5.88. The molecule has 128 valence electrons. The lowest BCUT2D eigenvalue weighted by Crippen LogP contribution is -2.38. The van der Waals surface area contributed by atoms with E-state index in [1.54, 1.807) is 42.5 Å². The number of pyridine rings is 1. The van der Waals surface area contributed by atoms with Crippen molar-refractivity contribution in [1.29, 1.82) is 0 Å². The molecule has 0 bridgehead atoms. The fraction of sp³-hybridized carbons (Fsp3) is 0.250. The minimum Gasteiger partial charge on any atom is -0.508 e. The molecule has 24 heavy (non-hydrogen) atoms. The maximum Gasteiger partial charge on any atom is 0.265 e. The number of anilines is 1. The van der Waals surface area contributed by atoms with Crippen molar-refractivity contribution in [3.05, 3.63) is 54.4 Å². The van der Waals surface area contributed by atoms with Gasteiger partial charge in [-0.15, -0.1) is 0 Å². The van der Waals surface area contributed by atoms with E-state index in [0.29, 0.717) is 13.0 Å². The molecule has 0 spiro atoms. The average molecular weight is 350 g/mol. The molecule has 0 atom stereocenters. The Labute approximate surface area is 141 Å². The molecule has 8 heteroatoms. The van der Waals surface area contributed by atoms with Crippen LogP contribution >= 0.6 is 0 Å². The van der Waals surface area contributed by atoms with Gasteiger partial charge in [0.05, 0.1) is 11.4 Å². The zero-order valence-electron chi connectivity index (χ0n) is 13.3. The maximum absolute atomic E-state index is 10.8. The van der Waals surface area contributed by atoms with Crippen LogP contribution in [0.5, 0.6) is 5.75 Å². The molecular formula is C16H20N3O4S+. The Morgan fingerprint density at radius 3 is 2.58 bits per heavy atom. The molecule has 0 amide bonds. The van der Waals surface area contributed by atoms with E-state index in [0.717, 1.165) is 11.4 Å². The predicted molar refractivity (Wildman–Crippen MR) is 91.8 cm³/mol. The standard InChI is InChI=1S/C16H19N3O4S/c1-18(14-6-8-16(20)9-7-14)17-13-15-5-2-3-10-19(15)11-4-12-24(21,22)23/h2-3,5-10,13H,4,11-12H2,1H3,(H-,17,20,21,22,23)/p+1. The Hall–Kier alpha value is -2.45. The molecule has 1 aromatic carbocycles. The predicted octanol–water partition coefficient (Wildman–Crippen LogP) is 1.43. The van der Waals surface area contributed by atoms with Crippen molar-refractivity contribution in [3.8, 4) is 5.75 Å². The SMILES string of the molecule is CN(N=Cc1cccc[n+]1CCCS(=O)(=O)O)c1ccc(O)cc1. The number of phenols is 1. The van der Waals surface area contributed by atoms with Gasteiger partial charge >= 0.3 is 0 Å². The van der Waals surface area contributed by atoms with E-state index in [1.807, 2.05) is 29.0 Å². The fourth-order valence-electron chi connectivity index (χ4n) is 2.11. The maximum atomic E-state index is 10.8. The van der Waals surface area contributed by atoms with Crippen LogP contribution in [0, 0.1) is 0 Å². The van der Waals surface area contributed by atoms with Gasteiger partial charge in [-0.25, -0.2) is 0 Å². The van der Waals surface area contributed by atoms with Gasteiger partial charge in [0.2, 0.25) is 5.69 Å². The summed E-state index contributed by atoms with van der Waals surface area (Å²) in [5.74, 6) is -0.0883. The molecule has 0 fully saturated rings. The number of aromatic nitrogens is 1. The van der Waals surface area contributed by atoms with Crippen LogP contribution < -0.4 is 9.58 Å². The molecule has 2 N–H and O–H groups in total. The van der Waals surface area contributed by atoms with Gasteiger partial charge in [0.25, 0.3) is 10.1 Å². The van der Waals surface area contributed by atoms with E-state index < -0.39 is 10.1 Å². The van der Waals surface area contributed by atoms with Crippen LogP contribution in [0.15, 0.2) is 53.8 Å². The zero-order chi connectivity index (χ0) is 17.6. The molecule has 0 saturated carbocycles. The van der Waals surface area contributed by atoms with Crippen molar-refractivity contribution in [2.24, 2.45) is 5.10 Å². The number of nitrogens with zero attached hydrogens (tertiary/aromatic N) is 3. The van der Waals surface area contributed by atoms with Crippen LogP contribution in [0.25, 0.3) is 0 Å².